The van der Waals surface area contributed by atoms with Crippen molar-refractivity contribution >= 4 is 39.5 Å². The number of hydrogen-bond acceptors (Lipinski definition) is 15. The molecule has 0 fully saturated rings. The number of aliphatic hydroxyl groups excluding tert-OH is 1. The van der Waals surface area contributed by atoms with Crippen LogP contribution in [0.25, 0.3) is 0 Å². The Kier molecular flexibility index (Phi) is 61.3. The minimum Gasteiger partial charge on any atom is -0.462 e. The van der Waals surface area contributed by atoms with Gasteiger partial charge in [0.05, 0.1) is 26.4 Å². The Hall–Kier alpha value is -1.94. The first-order valence-corrected chi connectivity index (χ1v) is 40.7. The van der Waals surface area contributed by atoms with Gasteiger partial charge in [-0.1, -0.05) is 312 Å². The lowest BCUT2D eigenvalue weighted by molar-refractivity contribution is -0.161. The predicted molar refractivity (Wildman–Crippen MR) is 372 cm³/mol. The normalized spacial score (nSPS) is 14.5. The average molecular weight is 1350 g/mol. The van der Waals surface area contributed by atoms with Gasteiger partial charge in [-0.3, -0.25) is 37.3 Å². The lowest BCUT2D eigenvalue weighted by Crippen LogP contribution is -2.30. The maximum Gasteiger partial charge on any atom is 0.472 e. The second-order valence-electron chi connectivity index (χ2n) is 28.0. The first-order valence-electron chi connectivity index (χ1n) is 37.7. The molecule has 17 nitrogen and oxygen atoms in total. The van der Waals surface area contributed by atoms with Gasteiger partial charge in [-0.25, -0.2) is 9.13 Å². The van der Waals surface area contributed by atoms with E-state index in [9.17, 15) is 43.2 Å². The van der Waals surface area contributed by atoms with Crippen molar-refractivity contribution in [1.29, 1.82) is 0 Å². The Bertz CT molecular complexity index is 1820. The zero-order chi connectivity index (χ0) is 68.2. The highest BCUT2D eigenvalue weighted by molar-refractivity contribution is 7.47. The van der Waals surface area contributed by atoms with Crippen molar-refractivity contribution in [2.75, 3.05) is 39.6 Å². The molecule has 0 radical (unpaired) electrons. The summed E-state index contributed by atoms with van der Waals surface area (Å²) in [6.07, 6.45) is 46.1. The summed E-state index contributed by atoms with van der Waals surface area (Å²) in [5, 5.41) is 10.6. The molecule has 92 heavy (non-hydrogen) atoms. The average Bonchev–Trinajstić information content (AvgIpc) is 3.20. The molecule has 0 aliphatic heterocycles. The van der Waals surface area contributed by atoms with Gasteiger partial charge < -0.3 is 33.8 Å². The molecule has 546 valence electrons. The second kappa shape index (κ2) is 62.6. The molecular formula is C73H142O17P2. The maximum absolute atomic E-state index is 13.1. The number of phosphoric ester groups is 2. The van der Waals surface area contributed by atoms with Crippen LogP contribution in [0.15, 0.2) is 0 Å². The summed E-state index contributed by atoms with van der Waals surface area (Å²) >= 11 is 0. The molecule has 0 aliphatic rings. The smallest absolute Gasteiger partial charge is 0.462 e. The molecular weight excluding hydrogens is 1210 g/mol. The number of carbonyl (C=O) groups is 4. The van der Waals surface area contributed by atoms with E-state index in [0.717, 1.165) is 108 Å². The van der Waals surface area contributed by atoms with Gasteiger partial charge in [0.25, 0.3) is 0 Å². The summed E-state index contributed by atoms with van der Waals surface area (Å²) in [7, 11) is -9.91. The van der Waals surface area contributed by atoms with Crippen molar-refractivity contribution in [2.45, 2.75) is 382 Å². The minimum absolute atomic E-state index is 0.101. The van der Waals surface area contributed by atoms with Gasteiger partial charge in [0, 0.05) is 25.7 Å². The van der Waals surface area contributed by atoms with Crippen LogP contribution >= 0.6 is 15.6 Å². The van der Waals surface area contributed by atoms with Crippen LogP contribution in [0.2, 0.25) is 0 Å². The molecule has 0 amide bonds. The minimum atomic E-state index is -4.96. The van der Waals surface area contributed by atoms with Crippen LogP contribution in [0.3, 0.4) is 0 Å². The van der Waals surface area contributed by atoms with Crippen molar-refractivity contribution < 1.29 is 80.2 Å². The van der Waals surface area contributed by atoms with E-state index >= 15 is 0 Å². The molecule has 0 heterocycles. The highest BCUT2D eigenvalue weighted by Gasteiger charge is 2.30. The van der Waals surface area contributed by atoms with E-state index in [4.69, 9.17) is 37.0 Å². The summed E-state index contributed by atoms with van der Waals surface area (Å²) < 4.78 is 68.3. The molecule has 6 atom stereocenters. The third-order valence-corrected chi connectivity index (χ3v) is 19.1. The van der Waals surface area contributed by atoms with Crippen molar-refractivity contribution in [3.05, 3.63) is 0 Å². The summed E-state index contributed by atoms with van der Waals surface area (Å²) in [5.41, 5.74) is 0. The Morgan fingerprint density at radius 3 is 0.772 bits per heavy atom. The molecule has 4 unspecified atom stereocenters. The van der Waals surface area contributed by atoms with Gasteiger partial charge in [-0.05, 0) is 49.4 Å². The molecule has 0 aromatic heterocycles. The van der Waals surface area contributed by atoms with Gasteiger partial charge in [0.1, 0.15) is 19.3 Å². The molecule has 19 heteroatoms. The molecule has 0 saturated carbocycles. The zero-order valence-corrected chi connectivity index (χ0v) is 62.0. The Balaban J connectivity index is 5.21. The van der Waals surface area contributed by atoms with Crippen LogP contribution in [0, 0.1) is 23.7 Å². The van der Waals surface area contributed by atoms with Crippen molar-refractivity contribution in [3.8, 4) is 0 Å². The first-order chi connectivity index (χ1) is 44.1. The Labute approximate surface area is 562 Å². The van der Waals surface area contributed by atoms with E-state index in [1.54, 1.807) is 0 Å². The third-order valence-electron chi connectivity index (χ3n) is 17.2. The number of unbranched alkanes of at least 4 members (excludes halogenated alkanes) is 35. The van der Waals surface area contributed by atoms with E-state index < -0.39 is 97.5 Å². The molecule has 0 spiro atoms. The fourth-order valence-electron chi connectivity index (χ4n) is 11.0. The first kappa shape index (κ1) is 90.1. The number of aliphatic hydroxyl groups is 1. The largest absolute Gasteiger partial charge is 0.472 e. The summed E-state index contributed by atoms with van der Waals surface area (Å²) in [6.45, 7) is 14.1. The molecule has 0 aromatic rings. The highest BCUT2D eigenvalue weighted by Crippen LogP contribution is 2.45. The van der Waals surface area contributed by atoms with Crippen LogP contribution in [-0.2, 0) is 65.4 Å². The number of ether oxygens (including phenoxy) is 4. The highest BCUT2D eigenvalue weighted by atomic mass is 31.2. The van der Waals surface area contributed by atoms with Gasteiger partial charge in [-0.2, -0.15) is 0 Å². The summed E-state index contributed by atoms with van der Waals surface area (Å²) in [5.74, 6) is 0.863. The monoisotopic (exact) mass is 1350 g/mol. The van der Waals surface area contributed by atoms with Gasteiger partial charge >= 0.3 is 39.5 Å². The van der Waals surface area contributed by atoms with Gasteiger partial charge in [-0.15, -0.1) is 0 Å². The molecule has 0 rings (SSSR count). The second-order valence-corrected chi connectivity index (χ2v) is 30.9. The van der Waals surface area contributed by atoms with E-state index in [1.807, 2.05) is 0 Å². The Morgan fingerprint density at radius 1 is 0.304 bits per heavy atom. The van der Waals surface area contributed by atoms with Crippen molar-refractivity contribution in [3.63, 3.8) is 0 Å². The number of hydrogen-bond donors (Lipinski definition) is 3. The number of phosphoric acid groups is 2. The summed E-state index contributed by atoms with van der Waals surface area (Å²) in [4.78, 5) is 72.6. The fraction of sp³-hybridized carbons (Fsp3) is 0.945. The summed E-state index contributed by atoms with van der Waals surface area (Å²) in [6, 6.07) is 0. The van der Waals surface area contributed by atoms with Crippen LogP contribution in [0.1, 0.15) is 364 Å². The molecule has 0 saturated heterocycles. The molecule has 0 aliphatic carbocycles. The van der Waals surface area contributed by atoms with Gasteiger partial charge in [0.15, 0.2) is 12.2 Å². The lowest BCUT2D eigenvalue weighted by Gasteiger charge is -2.21. The number of esters is 4. The predicted octanol–water partition coefficient (Wildman–Crippen LogP) is 20.9. The van der Waals surface area contributed by atoms with Crippen LogP contribution in [-0.4, -0.2) is 96.7 Å². The number of carbonyl (C=O) groups excluding carboxylic acids is 4. The van der Waals surface area contributed by atoms with E-state index in [0.29, 0.717) is 37.5 Å². The van der Waals surface area contributed by atoms with Crippen LogP contribution in [0.4, 0.5) is 0 Å². The van der Waals surface area contributed by atoms with Crippen LogP contribution in [0.5, 0.6) is 0 Å². The SMILES string of the molecule is CCC(C)CCCCCCCCCCCCC(=O)OC[C@H](COP(=O)(O)OCC(O)COP(=O)(O)OC[C@@H](COC(=O)CCCCCCCCCC(C)C)OC(=O)CCCCCCCCC(C)C)OC(=O)CCCCCCCCCCCCCCCCCCC(C)C. The third kappa shape index (κ3) is 65.4. The Morgan fingerprint density at radius 2 is 0.522 bits per heavy atom. The standard InChI is InChI=1S/C73H142O17P2/c1-9-66(8)52-44-36-27-21-18-19-22-28-37-45-53-70(75)83-59-68(89-72(77)55-47-39-29-23-17-15-13-11-10-12-14-16-20-25-33-41-49-63(2)3)61-87-91(79,80)85-57-67(74)58-86-92(81,82)88-62-69(90-73(78)56-48-40-32-31-35-43-51-65(6)7)60-84-71(76)54-46-38-30-24-26-34-42-50-64(4)5/h63-69,74H,9-62H2,1-8H3,(H,79,80)(H,81,82)/t66?,67?,68-,69-/m1/s1. The quantitative estimate of drug-likeness (QED) is 0.0222. The zero-order valence-electron chi connectivity index (χ0n) is 60.2. The molecule has 0 bridgehead atoms. The topological polar surface area (TPSA) is 237 Å². The van der Waals surface area contributed by atoms with E-state index in [-0.39, 0.29) is 25.7 Å². The molecule has 0 aromatic carbocycles. The lowest BCUT2D eigenvalue weighted by atomic mass is 9.99. The van der Waals surface area contributed by atoms with Gasteiger partial charge in [0.2, 0.25) is 0 Å². The fourth-order valence-corrected chi connectivity index (χ4v) is 12.6. The van der Waals surface area contributed by atoms with E-state index in [2.05, 4.69) is 55.4 Å². The van der Waals surface area contributed by atoms with Crippen molar-refractivity contribution in [2.24, 2.45) is 23.7 Å². The molecule has 3 N–H and O–H groups in total. The van der Waals surface area contributed by atoms with E-state index in [1.165, 1.54) is 161 Å². The van der Waals surface area contributed by atoms with Crippen molar-refractivity contribution in [1.82, 2.24) is 0 Å². The number of rotatable bonds is 70. The van der Waals surface area contributed by atoms with Crippen LogP contribution < -0.4 is 0 Å². The maximum atomic E-state index is 13.1.